The fraction of sp³-hybridized carbons (Fsp3) is 0.158. The summed E-state index contributed by atoms with van der Waals surface area (Å²) in [6, 6.07) is 19.3. The molecule has 0 bridgehead atoms. The largest absolute Gasteiger partial charge is 0.497 e. The molecular formula is C19H18O. The smallest absolute Gasteiger partial charge is 0.118 e. The lowest BCUT2D eigenvalue weighted by Gasteiger charge is -2.08. The van der Waals surface area contributed by atoms with E-state index in [4.69, 9.17) is 4.74 Å². The average Bonchev–Trinajstić information content (AvgIpc) is 2.48. The molecule has 3 rings (SSSR count). The highest BCUT2D eigenvalue weighted by Gasteiger charge is 2.02. The van der Waals surface area contributed by atoms with E-state index in [0.717, 1.165) is 5.75 Å². The molecule has 0 spiro atoms. The van der Waals surface area contributed by atoms with Crippen molar-refractivity contribution < 1.29 is 4.74 Å². The predicted octanol–water partition coefficient (Wildman–Crippen LogP) is 5.13. The minimum Gasteiger partial charge on any atom is -0.497 e. The van der Waals surface area contributed by atoms with Gasteiger partial charge in [0.1, 0.15) is 5.75 Å². The molecule has 0 N–H and O–H groups in total. The molecule has 0 atom stereocenters. The van der Waals surface area contributed by atoms with Crippen LogP contribution in [0, 0.1) is 13.8 Å². The van der Waals surface area contributed by atoms with Gasteiger partial charge < -0.3 is 4.74 Å². The van der Waals surface area contributed by atoms with Crippen LogP contribution in [0.15, 0.2) is 54.6 Å². The molecule has 3 aromatic carbocycles. The van der Waals surface area contributed by atoms with E-state index in [1.54, 1.807) is 7.11 Å². The van der Waals surface area contributed by atoms with Crippen LogP contribution < -0.4 is 4.74 Å². The predicted molar refractivity (Wildman–Crippen MR) is 85.4 cm³/mol. The van der Waals surface area contributed by atoms with Gasteiger partial charge in [0.05, 0.1) is 7.11 Å². The van der Waals surface area contributed by atoms with Crippen LogP contribution >= 0.6 is 0 Å². The first-order valence-electron chi connectivity index (χ1n) is 6.83. The molecule has 0 unspecified atom stereocenters. The summed E-state index contributed by atoms with van der Waals surface area (Å²) in [5, 5.41) is 2.59. The molecule has 0 aromatic heterocycles. The third-order valence-electron chi connectivity index (χ3n) is 3.88. The quantitative estimate of drug-likeness (QED) is 0.622. The van der Waals surface area contributed by atoms with Crippen molar-refractivity contribution in [1.29, 1.82) is 0 Å². The number of benzene rings is 3. The summed E-state index contributed by atoms with van der Waals surface area (Å²) >= 11 is 0. The van der Waals surface area contributed by atoms with Gasteiger partial charge in [-0.1, -0.05) is 36.4 Å². The Morgan fingerprint density at radius 3 is 1.90 bits per heavy atom. The summed E-state index contributed by atoms with van der Waals surface area (Å²) in [5.41, 5.74) is 5.13. The lowest BCUT2D eigenvalue weighted by molar-refractivity contribution is 0.415. The molecule has 0 fully saturated rings. The van der Waals surface area contributed by atoms with Crippen LogP contribution in [0.25, 0.3) is 21.9 Å². The van der Waals surface area contributed by atoms with Crippen molar-refractivity contribution in [3.05, 3.63) is 65.7 Å². The molecule has 100 valence electrons. The van der Waals surface area contributed by atoms with Gasteiger partial charge in [0, 0.05) is 0 Å². The second-order valence-electron chi connectivity index (χ2n) is 5.23. The Balaban J connectivity index is 2.09. The highest BCUT2D eigenvalue weighted by Crippen LogP contribution is 2.27. The highest BCUT2D eigenvalue weighted by atomic mass is 16.5. The lowest BCUT2D eigenvalue weighted by Crippen LogP contribution is -1.85. The Kier molecular flexibility index (Phi) is 3.19. The Hall–Kier alpha value is -2.28. The second kappa shape index (κ2) is 5.01. The van der Waals surface area contributed by atoms with Crippen LogP contribution in [0.3, 0.4) is 0 Å². The van der Waals surface area contributed by atoms with E-state index in [1.165, 1.54) is 33.0 Å². The maximum absolute atomic E-state index is 5.20. The van der Waals surface area contributed by atoms with Gasteiger partial charge in [-0.05, 0) is 65.1 Å². The number of rotatable bonds is 2. The van der Waals surface area contributed by atoms with Crippen molar-refractivity contribution in [2.45, 2.75) is 13.8 Å². The first-order valence-corrected chi connectivity index (χ1v) is 6.83. The van der Waals surface area contributed by atoms with Crippen molar-refractivity contribution in [1.82, 2.24) is 0 Å². The van der Waals surface area contributed by atoms with E-state index in [0.29, 0.717) is 0 Å². The molecule has 20 heavy (non-hydrogen) atoms. The molecule has 0 heterocycles. The van der Waals surface area contributed by atoms with Gasteiger partial charge in [0.2, 0.25) is 0 Å². The van der Waals surface area contributed by atoms with Crippen molar-refractivity contribution in [3.63, 3.8) is 0 Å². The molecule has 0 aliphatic heterocycles. The van der Waals surface area contributed by atoms with Gasteiger partial charge in [-0.2, -0.15) is 0 Å². The Labute approximate surface area is 119 Å². The number of fused-ring (bicyclic) bond motifs is 1. The van der Waals surface area contributed by atoms with Crippen molar-refractivity contribution in [2.75, 3.05) is 7.11 Å². The highest BCUT2D eigenvalue weighted by molar-refractivity contribution is 5.88. The summed E-state index contributed by atoms with van der Waals surface area (Å²) in [5.74, 6) is 0.890. The Morgan fingerprint density at radius 2 is 1.25 bits per heavy atom. The fourth-order valence-corrected chi connectivity index (χ4v) is 2.49. The van der Waals surface area contributed by atoms with E-state index in [-0.39, 0.29) is 0 Å². The van der Waals surface area contributed by atoms with E-state index >= 15 is 0 Å². The number of methoxy groups -OCH3 is 1. The van der Waals surface area contributed by atoms with Crippen LogP contribution in [-0.2, 0) is 0 Å². The Bertz CT molecular complexity index is 755. The zero-order valence-electron chi connectivity index (χ0n) is 12.1. The van der Waals surface area contributed by atoms with Crippen molar-refractivity contribution >= 4 is 10.8 Å². The third kappa shape index (κ3) is 2.27. The number of aryl methyl sites for hydroxylation is 2. The monoisotopic (exact) mass is 262 g/mol. The molecule has 0 radical (unpaired) electrons. The first kappa shape index (κ1) is 12.7. The zero-order valence-corrected chi connectivity index (χ0v) is 12.1. The van der Waals surface area contributed by atoms with E-state index in [2.05, 4.69) is 56.3 Å². The molecule has 0 saturated carbocycles. The average molecular weight is 262 g/mol. The fourth-order valence-electron chi connectivity index (χ4n) is 2.49. The van der Waals surface area contributed by atoms with Gasteiger partial charge in [0.25, 0.3) is 0 Å². The van der Waals surface area contributed by atoms with Crippen LogP contribution in [0.5, 0.6) is 5.75 Å². The van der Waals surface area contributed by atoms with Crippen molar-refractivity contribution in [3.8, 4) is 16.9 Å². The van der Waals surface area contributed by atoms with Gasteiger partial charge in [-0.25, -0.2) is 0 Å². The van der Waals surface area contributed by atoms with Gasteiger partial charge in [-0.3, -0.25) is 0 Å². The topological polar surface area (TPSA) is 9.23 Å². The third-order valence-corrected chi connectivity index (χ3v) is 3.88. The zero-order chi connectivity index (χ0) is 14.1. The molecule has 1 heteroatoms. The Morgan fingerprint density at radius 1 is 0.650 bits per heavy atom. The van der Waals surface area contributed by atoms with Gasteiger partial charge in [0.15, 0.2) is 0 Å². The maximum Gasteiger partial charge on any atom is 0.118 e. The lowest BCUT2D eigenvalue weighted by atomic mass is 9.98. The summed E-state index contributed by atoms with van der Waals surface area (Å²) in [7, 11) is 1.69. The minimum atomic E-state index is 0.890. The second-order valence-corrected chi connectivity index (χ2v) is 5.23. The van der Waals surface area contributed by atoms with Crippen LogP contribution in [0.2, 0.25) is 0 Å². The maximum atomic E-state index is 5.20. The summed E-state index contributed by atoms with van der Waals surface area (Å²) in [6.07, 6.45) is 0. The molecule has 0 aliphatic rings. The molecule has 1 nitrogen and oxygen atoms in total. The van der Waals surface area contributed by atoms with Crippen LogP contribution in [-0.4, -0.2) is 7.11 Å². The molecular weight excluding hydrogens is 244 g/mol. The normalized spacial score (nSPS) is 10.8. The minimum absolute atomic E-state index is 0.890. The summed E-state index contributed by atoms with van der Waals surface area (Å²) in [6.45, 7) is 4.32. The van der Waals surface area contributed by atoms with E-state index in [1.807, 2.05) is 12.1 Å². The molecule has 0 aliphatic carbocycles. The van der Waals surface area contributed by atoms with E-state index < -0.39 is 0 Å². The summed E-state index contributed by atoms with van der Waals surface area (Å²) in [4.78, 5) is 0. The van der Waals surface area contributed by atoms with Gasteiger partial charge in [-0.15, -0.1) is 0 Å². The summed E-state index contributed by atoms with van der Waals surface area (Å²) < 4.78 is 5.20. The first-order chi connectivity index (χ1) is 9.67. The SMILES string of the molecule is COc1ccc(-c2ccc3cc(C)c(C)cc3c2)cc1. The van der Waals surface area contributed by atoms with E-state index in [9.17, 15) is 0 Å². The van der Waals surface area contributed by atoms with Crippen molar-refractivity contribution in [2.24, 2.45) is 0 Å². The molecule has 3 aromatic rings. The number of hydrogen-bond acceptors (Lipinski definition) is 1. The van der Waals surface area contributed by atoms with Crippen LogP contribution in [0.4, 0.5) is 0 Å². The van der Waals surface area contributed by atoms with Crippen LogP contribution in [0.1, 0.15) is 11.1 Å². The number of hydrogen-bond donors (Lipinski definition) is 0. The standard InChI is InChI=1S/C19H18O/c1-13-10-16-4-5-17(12-18(16)11-14(13)2)15-6-8-19(20-3)9-7-15/h4-12H,1-3H3. The van der Waals surface area contributed by atoms with Gasteiger partial charge >= 0.3 is 0 Å². The molecule has 0 amide bonds. The number of ether oxygens (including phenoxy) is 1. The molecule has 0 saturated heterocycles.